The van der Waals surface area contributed by atoms with Crippen molar-refractivity contribution >= 4 is 49.1 Å². The molecule has 4 aromatic heterocycles. The first-order valence-corrected chi connectivity index (χ1v) is 16.2. The molecule has 238 valence electrons. The fourth-order valence-electron chi connectivity index (χ4n) is 7.11. The second-order valence-corrected chi connectivity index (χ2v) is 12.1. The summed E-state index contributed by atoms with van der Waals surface area (Å²) in [4.78, 5) is 9.45. The molecule has 0 spiro atoms. The normalized spacial score (nSPS) is 11.4. The Labute approximate surface area is 302 Å². The number of hydrogen-bond donors (Lipinski definition) is 0. The molecule has 10 aromatic rings. The molecule has 6 heteroatoms. The smallest absolute Gasteiger partial charge is 0.503 e. The molecule has 50 heavy (non-hydrogen) atoms. The molecule has 0 radical (unpaired) electrons. The average molecular weight is 822 g/mol. The van der Waals surface area contributed by atoms with Gasteiger partial charge in [0.15, 0.2) is 0 Å². The molecule has 0 saturated carbocycles. The van der Waals surface area contributed by atoms with Crippen LogP contribution in [0.15, 0.2) is 158 Å². The quantitative estimate of drug-likeness (QED) is 0.128. The van der Waals surface area contributed by atoms with Crippen LogP contribution in [0.5, 0.6) is 11.5 Å². The zero-order valence-electron chi connectivity index (χ0n) is 26.5. The Morgan fingerprint density at radius 1 is 0.520 bits per heavy atom. The molecule has 0 aliphatic carbocycles. The maximum Gasteiger partial charge on any atom is 2.00 e. The van der Waals surface area contributed by atoms with E-state index in [0.29, 0.717) is 11.5 Å². The van der Waals surface area contributed by atoms with Gasteiger partial charge in [-0.2, -0.15) is 6.07 Å². The van der Waals surface area contributed by atoms with Gasteiger partial charge in [0, 0.05) is 41.1 Å². The molecule has 0 amide bonds. The van der Waals surface area contributed by atoms with Crippen LogP contribution in [0.1, 0.15) is 0 Å². The van der Waals surface area contributed by atoms with E-state index in [-0.39, 0.29) is 21.1 Å². The maximum atomic E-state index is 6.51. The first-order chi connectivity index (χ1) is 24.3. The summed E-state index contributed by atoms with van der Waals surface area (Å²) >= 11 is 0. The van der Waals surface area contributed by atoms with Crippen LogP contribution in [-0.2, 0) is 21.1 Å². The van der Waals surface area contributed by atoms with E-state index in [9.17, 15) is 0 Å². The van der Waals surface area contributed by atoms with Gasteiger partial charge in [-0.05, 0) is 57.3 Å². The fraction of sp³-hybridized carbons (Fsp3) is 0. The first-order valence-electron chi connectivity index (χ1n) is 16.2. The number of pyridine rings is 2. The maximum absolute atomic E-state index is 6.51. The summed E-state index contributed by atoms with van der Waals surface area (Å²) in [6.07, 6.45) is 5.68. The minimum Gasteiger partial charge on any atom is -0.503 e. The average Bonchev–Trinajstić information content (AvgIpc) is 3.79. The van der Waals surface area contributed by atoms with Gasteiger partial charge < -0.3 is 13.7 Å². The molecular formula is C44H26N4OPt. The van der Waals surface area contributed by atoms with Crippen molar-refractivity contribution in [3.63, 3.8) is 0 Å². The van der Waals surface area contributed by atoms with Gasteiger partial charge in [0.2, 0.25) is 0 Å². The second-order valence-electron chi connectivity index (χ2n) is 12.1. The van der Waals surface area contributed by atoms with Crippen LogP contribution < -0.4 is 4.74 Å². The van der Waals surface area contributed by atoms with Crippen LogP contribution in [0.3, 0.4) is 0 Å². The van der Waals surface area contributed by atoms with E-state index < -0.39 is 0 Å². The third kappa shape index (κ3) is 4.81. The molecule has 5 nitrogen and oxygen atoms in total. The van der Waals surface area contributed by atoms with Crippen LogP contribution in [0.25, 0.3) is 77.2 Å². The van der Waals surface area contributed by atoms with Crippen molar-refractivity contribution in [2.45, 2.75) is 0 Å². The van der Waals surface area contributed by atoms with E-state index in [1.165, 1.54) is 22.3 Å². The first kappa shape index (κ1) is 30.1. The molecule has 0 unspecified atom stereocenters. The molecule has 0 aliphatic rings. The third-order valence-electron chi connectivity index (χ3n) is 9.29. The van der Waals surface area contributed by atoms with E-state index in [0.717, 1.165) is 54.9 Å². The van der Waals surface area contributed by atoms with E-state index >= 15 is 0 Å². The van der Waals surface area contributed by atoms with Crippen LogP contribution in [0, 0.1) is 12.1 Å². The van der Waals surface area contributed by atoms with Crippen molar-refractivity contribution in [3.8, 4) is 39.6 Å². The van der Waals surface area contributed by atoms with Crippen LogP contribution in [-0.4, -0.2) is 18.9 Å². The summed E-state index contributed by atoms with van der Waals surface area (Å²) in [6.45, 7) is 0. The Bertz CT molecular complexity index is 2850. The van der Waals surface area contributed by atoms with Crippen LogP contribution >= 0.6 is 0 Å². The number of fused-ring (bicyclic) bond motifs is 9. The summed E-state index contributed by atoms with van der Waals surface area (Å²) < 4.78 is 10.8. The van der Waals surface area contributed by atoms with Crippen molar-refractivity contribution in [3.05, 3.63) is 170 Å². The zero-order chi connectivity index (χ0) is 32.3. The summed E-state index contributed by atoms with van der Waals surface area (Å²) in [6, 6.07) is 55.3. The largest absolute Gasteiger partial charge is 2.00 e. The van der Waals surface area contributed by atoms with Gasteiger partial charge in [0.05, 0.1) is 5.65 Å². The molecule has 0 aliphatic heterocycles. The number of imidazole rings is 1. The predicted molar refractivity (Wildman–Crippen MR) is 197 cm³/mol. The summed E-state index contributed by atoms with van der Waals surface area (Å²) in [5.74, 6) is 2.03. The molecule has 0 saturated heterocycles. The van der Waals surface area contributed by atoms with Crippen LogP contribution in [0.2, 0.25) is 0 Å². The van der Waals surface area contributed by atoms with Gasteiger partial charge in [0.25, 0.3) is 0 Å². The zero-order valence-corrected chi connectivity index (χ0v) is 28.8. The summed E-state index contributed by atoms with van der Waals surface area (Å²) in [5, 5.41) is 5.31. The number of rotatable bonds is 5. The van der Waals surface area contributed by atoms with Crippen molar-refractivity contribution in [1.82, 2.24) is 18.9 Å². The summed E-state index contributed by atoms with van der Waals surface area (Å²) in [5.41, 5.74) is 8.57. The van der Waals surface area contributed by atoms with Crippen molar-refractivity contribution in [2.24, 2.45) is 0 Å². The number of aromatic nitrogens is 4. The van der Waals surface area contributed by atoms with Gasteiger partial charge in [-0.15, -0.1) is 29.7 Å². The third-order valence-corrected chi connectivity index (χ3v) is 9.29. The number of ether oxygens (including phenoxy) is 1. The Balaban J connectivity index is 0.00000336. The Morgan fingerprint density at radius 3 is 1.96 bits per heavy atom. The Hall–Kier alpha value is -6.03. The molecule has 0 fully saturated rings. The number of para-hydroxylation sites is 1. The number of hydrogen-bond acceptors (Lipinski definition) is 3. The molecule has 6 aromatic carbocycles. The van der Waals surface area contributed by atoms with Gasteiger partial charge in [-0.25, -0.2) is 4.98 Å². The van der Waals surface area contributed by atoms with Gasteiger partial charge in [-0.3, -0.25) is 4.98 Å². The molecule has 0 atom stereocenters. The molecule has 0 bridgehead atoms. The topological polar surface area (TPSA) is 44.3 Å². The number of benzene rings is 6. The number of nitrogens with zero attached hydrogens (tertiary/aromatic N) is 4. The minimum absolute atomic E-state index is 0. The van der Waals surface area contributed by atoms with E-state index in [2.05, 4.69) is 129 Å². The SMILES string of the molecule is [Pt+2].[c-]1c(Oc2[c-]c3c(cc2)c2ccccc2n3-c2ccccn2)ccc2c1c1nccn1c1cc(-c3ccccc3)c(-c3ccccc3)cc21. The van der Waals surface area contributed by atoms with E-state index in [1.807, 2.05) is 55.0 Å². The van der Waals surface area contributed by atoms with Gasteiger partial charge in [0.1, 0.15) is 5.82 Å². The van der Waals surface area contributed by atoms with Crippen molar-refractivity contribution in [2.75, 3.05) is 0 Å². The van der Waals surface area contributed by atoms with Crippen molar-refractivity contribution in [1.29, 1.82) is 0 Å². The Morgan fingerprint density at radius 2 is 1.20 bits per heavy atom. The molecule has 0 N–H and O–H groups in total. The fourth-order valence-corrected chi connectivity index (χ4v) is 7.11. The second kappa shape index (κ2) is 12.1. The monoisotopic (exact) mass is 821 g/mol. The van der Waals surface area contributed by atoms with E-state index in [1.54, 1.807) is 0 Å². The van der Waals surface area contributed by atoms with E-state index in [4.69, 9.17) is 9.72 Å². The molecular weight excluding hydrogens is 796 g/mol. The van der Waals surface area contributed by atoms with Gasteiger partial charge in [-0.1, -0.05) is 113 Å². The minimum atomic E-state index is 0. The molecule has 4 heterocycles. The Kier molecular flexibility index (Phi) is 7.30. The summed E-state index contributed by atoms with van der Waals surface area (Å²) in [7, 11) is 0. The standard InChI is InChI=1S/C44H26N4O.Pt/c1-3-11-29(12-4-1)36-27-38-33-20-18-31(25-39(33)44-46-23-24-47(44)41(38)28-37(36)30-13-5-2-6-14-30)49-32-19-21-35-34-15-7-8-16-40(34)48(42(35)26-32)43-17-9-10-22-45-43;/h1-24,27-28H;/q-2;+2. The van der Waals surface area contributed by atoms with Gasteiger partial charge >= 0.3 is 21.1 Å². The van der Waals surface area contributed by atoms with Crippen molar-refractivity contribution < 1.29 is 25.8 Å². The predicted octanol–water partition coefficient (Wildman–Crippen LogP) is 10.9. The van der Waals surface area contributed by atoms with Crippen LogP contribution in [0.4, 0.5) is 0 Å². The molecule has 10 rings (SSSR count).